The van der Waals surface area contributed by atoms with Crippen LogP contribution in [0, 0.1) is 0 Å². The van der Waals surface area contributed by atoms with Crippen molar-refractivity contribution in [1.82, 2.24) is 9.88 Å². The van der Waals surface area contributed by atoms with E-state index >= 15 is 0 Å². The first kappa shape index (κ1) is 20.5. The van der Waals surface area contributed by atoms with Crippen molar-refractivity contribution < 1.29 is 9.59 Å². The van der Waals surface area contributed by atoms with Gasteiger partial charge in [0.1, 0.15) is 5.01 Å². The monoisotopic (exact) mass is 441 g/mol. The molecule has 1 saturated heterocycles. The molecule has 5 rings (SSSR count). The van der Waals surface area contributed by atoms with E-state index in [1.54, 1.807) is 35.6 Å². The molecule has 6 heteroatoms. The first-order valence-corrected chi connectivity index (χ1v) is 11.6. The maximum Gasteiger partial charge on any atom is 0.238 e. The Hall–Kier alpha value is -3.35. The van der Waals surface area contributed by atoms with E-state index in [4.69, 9.17) is 4.98 Å². The molecule has 1 aliphatic rings. The lowest BCUT2D eigenvalue weighted by Crippen LogP contribution is -2.33. The van der Waals surface area contributed by atoms with E-state index in [0.29, 0.717) is 16.8 Å². The number of hydrogen-bond acceptors (Lipinski definition) is 5. The van der Waals surface area contributed by atoms with E-state index in [9.17, 15) is 9.59 Å². The predicted molar refractivity (Wildman–Crippen MR) is 128 cm³/mol. The second kappa shape index (κ2) is 9.02. The van der Waals surface area contributed by atoms with Gasteiger partial charge in [0.25, 0.3) is 0 Å². The molecule has 1 aromatic heterocycles. The maximum atomic E-state index is 12.9. The number of aromatic nitrogens is 1. The normalized spacial score (nSPS) is 16.3. The van der Waals surface area contributed by atoms with E-state index in [-0.39, 0.29) is 24.3 Å². The first-order valence-electron chi connectivity index (χ1n) is 10.8. The molecule has 1 amide bonds. The number of fused-ring (bicyclic) bond motifs is 1. The minimum absolute atomic E-state index is 0.102. The largest absolute Gasteiger partial charge is 0.324 e. The Kier molecular flexibility index (Phi) is 5.79. The maximum absolute atomic E-state index is 12.9. The SMILES string of the molecule is O=C(CN1CCC[C@H]1c1nc2ccccc2s1)Nc1ccccc1C(=O)c1ccccc1. The van der Waals surface area contributed by atoms with Gasteiger partial charge in [0, 0.05) is 11.1 Å². The molecule has 0 spiro atoms. The molecule has 5 nitrogen and oxygen atoms in total. The summed E-state index contributed by atoms with van der Waals surface area (Å²) in [4.78, 5) is 32.9. The molecule has 32 heavy (non-hydrogen) atoms. The number of anilines is 1. The number of benzene rings is 3. The average Bonchev–Trinajstić information content (AvgIpc) is 3.46. The summed E-state index contributed by atoms with van der Waals surface area (Å²) < 4.78 is 1.17. The number of amides is 1. The van der Waals surface area contributed by atoms with Gasteiger partial charge in [0.15, 0.2) is 5.78 Å². The van der Waals surface area contributed by atoms with Crippen LogP contribution in [0.1, 0.15) is 39.8 Å². The standard InChI is InChI=1S/C26H23N3O2S/c30-24(27-20-12-5-4-11-19(20)25(31)18-9-2-1-3-10-18)17-29-16-8-14-22(29)26-28-21-13-6-7-15-23(21)32-26/h1-7,9-13,15,22H,8,14,16-17H2,(H,27,30)/t22-/m0/s1. The highest BCUT2D eigenvalue weighted by Gasteiger charge is 2.30. The third kappa shape index (κ3) is 4.20. The summed E-state index contributed by atoms with van der Waals surface area (Å²) in [6.07, 6.45) is 2.03. The van der Waals surface area contributed by atoms with Crippen molar-refractivity contribution in [2.24, 2.45) is 0 Å². The van der Waals surface area contributed by atoms with Crippen molar-refractivity contribution in [1.29, 1.82) is 0 Å². The van der Waals surface area contributed by atoms with Gasteiger partial charge in [-0.1, -0.05) is 54.6 Å². The second-order valence-corrected chi connectivity index (χ2v) is 9.00. The number of rotatable bonds is 6. The van der Waals surface area contributed by atoms with E-state index in [1.165, 1.54) is 4.70 Å². The van der Waals surface area contributed by atoms with E-state index in [0.717, 1.165) is 29.9 Å². The molecular formula is C26H23N3O2S. The van der Waals surface area contributed by atoms with Crippen molar-refractivity contribution in [2.45, 2.75) is 18.9 Å². The Morgan fingerprint density at radius 1 is 0.969 bits per heavy atom. The smallest absolute Gasteiger partial charge is 0.238 e. The molecular weight excluding hydrogens is 418 g/mol. The summed E-state index contributed by atoms with van der Waals surface area (Å²) in [5, 5.41) is 4.03. The molecule has 0 saturated carbocycles. The zero-order valence-corrected chi connectivity index (χ0v) is 18.3. The lowest BCUT2D eigenvalue weighted by molar-refractivity contribution is -0.117. The number of nitrogens with one attached hydrogen (secondary N) is 1. The number of carbonyl (C=O) groups is 2. The molecule has 160 valence electrons. The summed E-state index contributed by atoms with van der Waals surface area (Å²) in [5.41, 5.74) is 2.65. The molecule has 2 heterocycles. The minimum Gasteiger partial charge on any atom is -0.324 e. The van der Waals surface area contributed by atoms with Crippen LogP contribution in [-0.4, -0.2) is 34.7 Å². The van der Waals surface area contributed by atoms with Crippen LogP contribution in [-0.2, 0) is 4.79 Å². The summed E-state index contributed by atoms with van der Waals surface area (Å²) in [7, 11) is 0. The molecule has 1 N–H and O–H groups in total. The van der Waals surface area contributed by atoms with Gasteiger partial charge in [-0.2, -0.15) is 0 Å². The fourth-order valence-electron chi connectivity index (χ4n) is 4.24. The van der Waals surface area contributed by atoms with Crippen molar-refractivity contribution in [3.05, 3.63) is 95.0 Å². The number of thiazole rings is 1. The van der Waals surface area contributed by atoms with Crippen molar-refractivity contribution in [3.8, 4) is 0 Å². The lowest BCUT2D eigenvalue weighted by Gasteiger charge is -2.22. The van der Waals surface area contributed by atoms with Gasteiger partial charge < -0.3 is 5.32 Å². The Morgan fingerprint density at radius 3 is 2.56 bits per heavy atom. The molecule has 0 unspecified atom stereocenters. The highest BCUT2D eigenvalue weighted by atomic mass is 32.1. The van der Waals surface area contributed by atoms with E-state index in [1.807, 2.05) is 48.5 Å². The van der Waals surface area contributed by atoms with Crippen LogP contribution >= 0.6 is 11.3 Å². The third-order valence-electron chi connectivity index (χ3n) is 5.79. The van der Waals surface area contributed by atoms with Gasteiger partial charge in [-0.3, -0.25) is 14.5 Å². The first-order chi connectivity index (χ1) is 15.7. The summed E-state index contributed by atoms with van der Waals surface area (Å²) in [6.45, 7) is 1.13. The van der Waals surface area contributed by atoms with Crippen molar-refractivity contribution in [3.63, 3.8) is 0 Å². The number of nitrogens with zero attached hydrogens (tertiary/aromatic N) is 2. The Balaban J connectivity index is 1.31. The zero-order valence-electron chi connectivity index (χ0n) is 17.5. The predicted octanol–water partition coefficient (Wildman–Crippen LogP) is 5.30. The highest BCUT2D eigenvalue weighted by Crippen LogP contribution is 2.36. The highest BCUT2D eigenvalue weighted by molar-refractivity contribution is 7.18. The molecule has 0 radical (unpaired) electrons. The minimum atomic E-state index is -0.119. The Bertz CT molecular complexity index is 1240. The Labute approximate surface area is 190 Å². The van der Waals surface area contributed by atoms with Crippen LogP contribution in [0.2, 0.25) is 0 Å². The molecule has 0 bridgehead atoms. The van der Waals surface area contributed by atoms with Crippen LogP contribution < -0.4 is 5.32 Å². The quantitative estimate of drug-likeness (QED) is 0.412. The van der Waals surface area contributed by atoms with Crippen molar-refractivity contribution in [2.75, 3.05) is 18.4 Å². The number of ketones is 1. The van der Waals surface area contributed by atoms with Crippen LogP contribution in [0.3, 0.4) is 0 Å². The number of likely N-dealkylation sites (tertiary alicyclic amines) is 1. The fraction of sp³-hybridized carbons (Fsp3) is 0.192. The third-order valence-corrected chi connectivity index (χ3v) is 6.93. The van der Waals surface area contributed by atoms with Crippen molar-refractivity contribution >= 4 is 38.9 Å². The zero-order chi connectivity index (χ0) is 21.9. The number of carbonyl (C=O) groups excluding carboxylic acids is 2. The second-order valence-electron chi connectivity index (χ2n) is 7.94. The summed E-state index contributed by atoms with van der Waals surface area (Å²) in [5.74, 6) is -0.221. The van der Waals surface area contributed by atoms with E-state index in [2.05, 4.69) is 16.3 Å². The topological polar surface area (TPSA) is 62.3 Å². The van der Waals surface area contributed by atoms with Crippen LogP contribution in [0.5, 0.6) is 0 Å². The molecule has 1 fully saturated rings. The van der Waals surface area contributed by atoms with Gasteiger partial charge >= 0.3 is 0 Å². The molecule has 4 aromatic rings. The fourth-order valence-corrected chi connectivity index (χ4v) is 5.37. The summed E-state index contributed by atoms with van der Waals surface area (Å²) >= 11 is 1.70. The van der Waals surface area contributed by atoms with E-state index < -0.39 is 0 Å². The summed E-state index contributed by atoms with van der Waals surface area (Å²) in [6, 6.07) is 24.6. The number of hydrogen-bond donors (Lipinski definition) is 1. The van der Waals surface area contributed by atoms with Gasteiger partial charge in [-0.15, -0.1) is 11.3 Å². The van der Waals surface area contributed by atoms with Gasteiger partial charge in [0.05, 0.1) is 28.5 Å². The van der Waals surface area contributed by atoms with Crippen LogP contribution in [0.15, 0.2) is 78.9 Å². The van der Waals surface area contributed by atoms with Gasteiger partial charge in [-0.05, 0) is 43.7 Å². The average molecular weight is 442 g/mol. The lowest BCUT2D eigenvalue weighted by atomic mass is 10.0. The van der Waals surface area contributed by atoms with Gasteiger partial charge in [-0.25, -0.2) is 4.98 Å². The van der Waals surface area contributed by atoms with Crippen LogP contribution in [0.25, 0.3) is 10.2 Å². The molecule has 3 aromatic carbocycles. The Morgan fingerprint density at radius 2 is 1.72 bits per heavy atom. The van der Waals surface area contributed by atoms with Gasteiger partial charge in [0.2, 0.25) is 5.91 Å². The van der Waals surface area contributed by atoms with Crippen LogP contribution in [0.4, 0.5) is 5.69 Å². The molecule has 1 atom stereocenters. The molecule has 1 aliphatic heterocycles. The molecule has 0 aliphatic carbocycles. The number of para-hydroxylation sites is 2.